The molecule has 0 unspecified atom stereocenters. The predicted molar refractivity (Wildman–Crippen MR) is 136 cm³/mol. The Bertz CT molecular complexity index is 1440. The fourth-order valence-corrected chi connectivity index (χ4v) is 4.13. The molecule has 1 aromatic heterocycles. The topological polar surface area (TPSA) is 76.5 Å². The van der Waals surface area contributed by atoms with Gasteiger partial charge in [0.2, 0.25) is 0 Å². The van der Waals surface area contributed by atoms with Gasteiger partial charge in [0, 0.05) is 24.3 Å². The first-order valence-corrected chi connectivity index (χ1v) is 11.8. The maximum Gasteiger partial charge on any atom is 0.299 e. The number of aromatic nitrogens is 2. The van der Waals surface area contributed by atoms with Crippen LogP contribution in [0, 0.1) is 12.7 Å². The molecule has 182 valence electrons. The summed E-state index contributed by atoms with van der Waals surface area (Å²) in [5, 5.41) is 7.39. The molecule has 3 aromatic carbocycles. The number of rotatable bonds is 6. The number of hydrogen-bond acceptors (Lipinski definition) is 5. The second-order valence-electron chi connectivity index (χ2n) is 8.65. The summed E-state index contributed by atoms with van der Waals surface area (Å²) in [6, 6.07) is 19.9. The minimum atomic E-state index is -0.468. The predicted octanol–water partition coefficient (Wildman–Crippen LogP) is 5.45. The number of amides is 1. The van der Waals surface area contributed by atoms with Gasteiger partial charge in [-0.15, -0.1) is 0 Å². The molecule has 36 heavy (non-hydrogen) atoms. The molecule has 4 aromatic rings. The lowest BCUT2D eigenvalue weighted by atomic mass is 10.2. The summed E-state index contributed by atoms with van der Waals surface area (Å²) in [5.41, 5.74) is 2.21. The van der Waals surface area contributed by atoms with Crippen LogP contribution in [0.3, 0.4) is 0 Å². The van der Waals surface area contributed by atoms with E-state index in [0.29, 0.717) is 22.7 Å². The quantitative estimate of drug-likeness (QED) is 0.394. The van der Waals surface area contributed by atoms with Gasteiger partial charge < -0.3 is 15.0 Å². The average Bonchev–Trinajstić information content (AvgIpc) is 3.43. The summed E-state index contributed by atoms with van der Waals surface area (Å²) in [6.45, 7) is 3.46. The molecule has 0 atom stereocenters. The smallest absolute Gasteiger partial charge is 0.299 e. The molecule has 0 radical (unpaired) electrons. The zero-order valence-corrected chi connectivity index (χ0v) is 19.8. The van der Waals surface area contributed by atoms with Crippen LogP contribution in [-0.2, 0) is 0 Å². The molecule has 1 aliphatic heterocycles. The number of nitrogens with one attached hydrogen (secondary N) is 1. The van der Waals surface area contributed by atoms with Crippen LogP contribution in [0.2, 0.25) is 0 Å². The molecule has 0 spiro atoms. The molecule has 0 aliphatic carbocycles. The average molecular weight is 485 g/mol. The van der Waals surface area contributed by atoms with Crippen LogP contribution < -0.4 is 15.6 Å². The van der Waals surface area contributed by atoms with Crippen LogP contribution in [-0.4, -0.2) is 33.7 Å². The van der Waals surface area contributed by atoms with E-state index in [4.69, 9.17) is 4.74 Å². The summed E-state index contributed by atoms with van der Waals surface area (Å²) in [7, 11) is 0. The second kappa shape index (κ2) is 10.0. The van der Waals surface area contributed by atoms with Crippen LogP contribution in [0.5, 0.6) is 11.5 Å². The van der Waals surface area contributed by atoms with Crippen molar-refractivity contribution in [1.82, 2.24) is 14.7 Å². The van der Waals surface area contributed by atoms with Crippen molar-refractivity contribution in [2.24, 2.45) is 0 Å². The van der Waals surface area contributed by atoms with Crippen molar-refractivity contribution in [3.8, 4) is 17.2 Å². The van der Waals surface area contributed by atoms with Crippen LogP contribution in [0.1, 0.15) is 28.8 Å². The van der Waals surface area contributed by atoms with E-state index in [0.717, 1.165) is 31.5 Å². The normalized spacial score (nSPS) is 13.0. The zero-order chi connectivity index (χ0) is 25.1. The van der Waals surface area contributed by atoms with Crippen molar-refractivity contribution in [3.63, 3.8) is 0 Å². The Balaban J connectivity index is 1.50. The number of benzene rings is 3. The van der Waals surface area contributed by atoms with Crippen molar-refractivity contribution in [1.29, 1.82) is 0 Å². The van der Waals surface area contributed by atoms with Crippen molar-refractivity contribution in [3.05, 3.63) is 106 Å². The highest BCUT2D eigenvalue weighted by atomic mass is 19.1. The van der Waals surface area contributed by atoms with Gasteiger partial charge in [0.05, 0.1) is 11.9 Å². The van der Waals surface area contributed by atoms with E-state index >= 15 is 0 Å². The van der Waals surface area contributed by atoms with Gasteiger partial charge in [-0.05, 0) is 79.9 Å². The number of aryl methyl sites for hydroxylation is 1. The number of hydrogen-bond donors (Lipinski definition) is 1. The van der Waals surface area contributed by atoms with Gasteiger partial charge in [0.1, 0.15) is 11.6 Å². The Labute approximate surface area is 207 Å². The molecule has 1 fully saturated rings. The maximum atomic E-state index is 13.5. The molecule has 1 saturated heterocycles. The molecule has 0 saturated carbocycles. The van der Waals surface area contributed by atoms with Gasteiger partial charge in [-0.1, -0.05) is 18.2 Å². The molecule has 1 N–H and O–H groups in total. The van der Waals surface area contributed by atoms with Gasteiger partial charge in [0.15, 0.2) is 11.4 Å². The van der Waals surface area contributed by atoms with E-state index in [1.54, 1.807) is 24.3 Å². The number of likely N-dealkylation sites (tertiary alicyclic amines) is 1. The van der Waals surface area contributed by atoms with E-state index in [9.17, 15) is 14.0 Å². The maximum absolute atomic E-state index is 13.5. The van der Waals surface area contributed by atoms with E-state index in [2.05, 4.69) is 10.4 Å². The molecular weight excluding hydrogens is 459 g/mol. The SMILES string of the molecule is Cc1ccccc1Oc1cnn(-c2ccc(F)cc2)c(=O)c1Nc1ccc(C(=O)N2CCCC2)cc1. The Hall–Kier alpha value is -4.46. The fourth-order valence-electron chi connectivity index (χ4n) is 4.13. The molecule has 7 nitrogen and oxygen atoms in total. The first kappa shape index (κ1) is 23.3. The van der Waals surface area contributed by atoms with Gasteiger partial charge >= 0.3 is 0 Å². The number of carbonyl (C=O) groups is 1. The monoisotopic (exact) mass is 484 g/mol. The summed E-state index contributed by atoms with van der Waals surface area (Å²) in [6.07, 6.45) is 3.50. The zero-order valence-electron chi connectivity index (χ0n) is 19.8. The molecule has 8 heteroatoms. The molecule has 1 amide bonds. The van der Waals surface area contributed by atoms with Crippen molar-refractivity contribution < 1.29 is 13.9 Å². The minimum absolute atomic E-state index is 0.00482. The van der Waals surface area contributed by atoms with Crippen molar-refractivity contribution in [2.45, 2.75) is 19.8 Å². The minimum Gasteiger partial charge on any atom is -0.453 e. The largest absolute Gasteiger partial charge is 0.453 e. The van der Waals surface area contributed by atoms with E-state index in [1.807, 2.05) is 36.1 Å². The Morgan fingerprint density at radius 2 is 1.64 bits per heavy atom. The Morgan fingerprint density at radius 1 is 0.944 bits per heavy atom. The van der Waals surface area contributed by atoms with Gasteiger partial charge in [-0.25, -0.2) is 4.39 Å². The number of para-hydroxylation sites is 1. The number of carbonyl (C=O) groups excluding carboxylic acids is 1. The third-order valence-corrected chi connectivity index (χ3v) is 6.12. The highest BCUT2D eigenvalue weighted by molar-refractivity contribution is 5.94. The number of nitrogens with zero attached hydrogens (tertiary/aromatic N) is 3. The van der Waals surface area contributed by atoms with Gasteiger partial charge in [-0.3, -0.25) is 9.59 Å². The number of ether oxygens (including phenoxy) is 1. The second-order valence-corrected chi connectivity index (χ2v) is 8.65. The van der Waals surface area contributed by atoms with Crippen LogP contribution in [0.15, 0.2) is 83.8 Å². The van der Waals surface area contributed by atoms with E-state index in [1.165, 1.54) is 35.1 Å². The van der Waals surface area contributed by atoms with Crippen LogP contribution in [0.25, 0.3) is 5.69 Å². The molecule has 5 rings (SSSR count). The van der Waals surface area contributed by atoms with Crippen molar-refractivity contribution in [2.75, 3.05) is 18.4 Å². The van der Waals surface area contributed by atoms with E-state index < -0.39 is 11.4 Å². The Morgan fingerprint density at radius 3 is 2.33 bits per heavy atom. The van der Waals surface area contributed by atoms with Crippen molar-refractivity contribution >= 4 is 17.3 Å². The third kappa shape index (κ3) is 4.84. The Kier molecular flexibility index (Phi) is 6.49. The lowest BCUT2D eigenvalue weighted by Crippen LogP contribution is -2.27. The van der Waals surface area contributed by atoms with Gasteiger partial charge in [0.25, 0.3) is 11.5 Å². The summed E-state index contributed by atoms with van der Waals surface area (Å²) in [4.78, 5) is 28.0. The molecular formula is C28H25FN4O3. The highest BCUT2D eigenvalue weighted by Gasteiger charge is 2.20. The molecule has 0 bridgehead atoms. The van der Waals surface area contributed by atoms with Crippen LogP contribution in [0.4, 0.5) is 15.8 Å². The third-order valence-electron chi connectivity index (χ3n) is 6.12. The highest BCUT2D eigenvalue weighted by Crippen LogP contribution is 2.30. The first-order chi connectivity index (χ1) is 17.5. The van der Waals surface area contributed by atoms with Gasteiger partial charge in [-0.2, -0.15) is 9.78 Å². The number of anilines is 2. The standard InChI is InChI=1S/C28H25FN4O3/c1-19-6-2-3-7-24(19)36-25-18-30-33(23-14-10-21(29)11-15-23)28(35)26(25)31-22-12-8-20(9-13-22)27(34)32-16-4-5-17-32/h2-3,6-15,18,31H,4-5,16-17H2,1H3. The fraction of sp³-hybridized carbons (Fsp3) is 0.179. The summed E-state index contributed by atoms with van der Waals surface area (Å²) >= 11 is 0. The van der Waals surface area contributed by atoms with Crippen LogP contribution >= 0.6 is 0 Å². The lowest BCUT2D eigenvalue weighted by Gasteiger charge is -2.17. The summed E-state index contributed by atoms with van der Waals surface area (Å²) in [5.74, 6) is 0.427. The molecule has 1 aliphatic rings. The van der Waals surface area contributed by atoms with E-state index in [-0.39, 0.29) is 17.3 Å². The summed E-state index contributed by atoms with van der Waals surface area (Å²) < 4.78 is 20.7. The molecule has 2 heterocycles. The lowest BCUT2D eigenvalue weighted by molar-refractivity contribution is 0.0793. The first-order valence-electron chi connectivity index (χ1n) is 11.8. The number of halogens is 1.